The molecular weight excluding hydrogens is 252 g/mol. The van der Waals surface area contributed by atoms with Crippen LogP contribution in [0.1, 0.15) is 23.2 Å². The molecule has 1 amide bonds. The van der Waals surface area contributed by atoms with E-state index >= 15 is 0 Å². The number of nitrogen functional groups attached to an aromatic ring is 1. The number of nitrogens with one attached hydrogen (secondary N) is 2. The molecule has 0 radical (unpaired) electrons. The van der Waals surface area contributed by atoms with Crippen LogP contribution in [-0.2, 0) is 4.74 Å². The lowest BCUT2D eigenvalue weighted by atomic mass is 10.0. The lowest BCUT2D eigenvalue weighted by Crippen LogP contribution is -2.24. The van der Waals surface area contributed by atoms with Crippen molar-refractivity contribution in [2.24, 2.45) is 5.92 Å². The van der Waals surface area contributed by atoms with Crippen LogP contribution in [0.15, 0.2) is 0 Å². The van der Waals surface area contributed by atoms with Crippen molar-refractivity contribution < 1.29 is 9.53 Å². The molecule has 0 atom stereocenters. The fourth-order valence-corrected chi connectivity index (χ4v) is 2.67. The number of nitrogens with two attached hydrogens (primary N) is 1. The standard InChI is InChI=1S/C11H18N4O2S/c1-13-10(16)8-9(12)15-18-11(8)14-6-7-2-4-17-5-3-7/h7,14H,2-6H2,1H3,(H2,12,15)(H,13,16). The topological polar surface area (TPSA) is 89.3 Å². The summed E-state index contributed by atoms with van der Waals surface area (Å²) in [6.45, 7) is 2.47. The zero-order valence-corrected chi connectivity index (χ0v) is 11.2. The van der Waals surface area contributed by atoms with Gasteiger partial charge in [0.2, 0.25) is 0 Å². The van der Waals surface area contributed by atoms with Gasteiger partial charge in [0.1, 0.15) is 10.6 Å². The number of nitrogens with zero attached hydrogens (tertiary/aromatic N) is 1. The normalized spacial score (nSPS) is 16.5. The quantitative estimate of drug-likeness (QED) is 0.757. The van der Waals surface area contributed by atoms with Gasteiger partial charge in [0.15, 0.2) is 5.82 Å². The molecule has 0 saturated carbocycles. The van der Waals surface area contributed by atoms with E-state index in [4.69, 9.17) is 10.5 Å². The molecule has 1 aromatic heterocycles. The Balaban J connectivity index is 1.98. The van der Waals surface area contributed by atoms with Crippen molar-refractivity contribution in [2.75, 3.05) is 37.9 Å². The third-order valence-electron chi connectivity index (χ3n) is 3.06. The van der Waals surface area contributed by atoms with Crippen LogP contribution < -0.4 is 16.4 Å². The van der Waals surface area contributed by atoms with Crippen LogP contribution in [0.25, 0.3) is 0 Å². The highest BCUT2D eigenvalue weighted by Gasteiger charge is 2.20. The van der Waals surface area contributed by atoms with Crippen molar-refractivity contribution in [3.8, 4) is 0 Å². The van der Waals surface area contributed by atoms with Crippen molar-refractivity contribution in [1.82, 2.24) is 9.69 Å². The Kier molecular flexibility index (Phi) is 4.38. The van der Waals surface area contributed by atoms with Crippen LogP contribution in [0.2, 0.25) is 0 Å². The largest absolute Gasteiger partial charge is 0.382 e. The smallest absolute Gasteiger partial charge is 0.257 e. The Hall–Kier alpha value is -1.34. The molecule has 4 N–H and O–H groups in total. The molecule has 1 aliphatic heterocycles. The summed E-state index contributed by atoms with van der Waals surface area (Å²) in [5.41, 5.74) is 6.16. The predicted molar refractivity (Wildman–Crippen MR) is 71.9 cm³/mol. The fourth-order valence-electron chi connectivity index (χ4n) is 1.96. The number of ether oxygens (including phenoxy) is 1. The Labute approximate surface area is 110 Å². The van der Waals surface area contributed by atoms with E-state index in [0.29, 0.717) is 11.5 Å². The second-order valence-corrected chi connectivity index (χ2v) is 5.06. The van der Waals surface area contributed by atoms with Gasteiger partial charge < -0.3 is 21.1 Å². The van der Waals surface area contributed by atoms with E-state index in [9.17, 15) is 4.79 Å². The third kappa shape index (κ3) is 2.91. The second-order valence-electron chi connectivity index (χ2n) is 4.29. The molecule has 1 aromatic rings. The van der Waals surface area contributed by atoms with E-state index in [2.05, 4.69) is 15.0 Å². The minimum Gasteiger partial charge on any atom is -0.382 e. The van der Waals surface area contributed by atoms with Gasteiger partial charge in [-0.2, -0.15) is 4.37 Å². The number of amides is 1. The SMILES string of the molecule is CNC(=O)c1c(N)nsc1NCC1CCOCC1. The molecule has 1 saturated heterocycles. The molecule has 2 heterocycles. The molecule has 0 bridgehead atoms. The van der Waals surface area contributed by atoms with Gasteiger partial charge in [-0.1, -0.05) is 0 Å². The van der Waals surface area contributed by atoms with Crippen LogP contribution in [0.5, 0.6) is 0 Å². The van der Waals surface area contributed by atoms with Crippen molar-refractivity contribution in [3.05, 3.63) is 5.56 Å². The zero-order valence-electron chi connectivity index (χ0n) is 10.4. The van der Waals surface area contributed by atoms with Crippen LogP contribution in [0.3, 0.4) is 0 Å². The number of carbonyl (C=O) groups excluding carboxylic acids is 1. The first-order valence-corrected chi connectivity index (χ1v) is 6.78. The Bertz CT molecular complexity index is 415. The molecule has 1 fully saturated rings. The van der Waals surface area contributed by atoms with Gasteiger partial charge in [-0.05, 0) is 30.3 Å². The molecular formula is C11H18N4O2S. The number of aromatic nitrogens is 1. The maximum atomic E-state index is 11.7. The molecule has 18 heavy (non-hydrogen) atoms. The number of rotatable bonds is 4. The maximum Gasteiger partial charge on any atom is 0.257 e. The van der Waals surface area contributed by atoms with Gasteiger partial charge in [-0.25, -0.2) is 0 Å². The predicted octanol–water partition coefficient (Wildman–Crippen LogP) is 0.923. The van der Waals surface area contributed by atoms with Gasteiger partial charge in [0.25, 0.3) is 5.91 Å². The van der Waals surface area contributed by atoms with Crippen molar-refractivity contribution in [1.29, 1.82) is 0 Å². The first-order valence-electron chi connectivity index (χ1n) is 6.01. The molecule has 100 valence electrons. The van der Waals surface area contributed by atoms with Gasteiger partial charge >= 0.3 is 0 Å². The minimum absolute atomic E-state index is 0.198. The Morgan fingerprint density at radius 3 is 2.94 bits per heavy atom. The molecule has 0 aromatic carbocycles. The average molecular weight is 270 g/mol. The maximum absolute atomic E-state index is 11.7. The Morgan fingerprint density at radius 2 is 2.28 bits per heavy atom. The monoisotopic (exact) mass is 270 g/mol. The second kappa shape index (κ2) is 6.01. The average Bonchev–Trinajstić information content (AvgIpc) is 2.78. The summed E-state index contributed by atoms with van der Waals surface area (Å²) in [5.74, 6) is 0.671. The molecule has 0 unspecified atom stereocenters. The molecule has 1 aliphatic rings. The number of hydrogen-bond acceptors (Lipinski definition) is 6. The van der Waals surface area contributed by atoms with Crippen molar-refractivity contribution in [2.45, 2.75) is 12.8 Å². The first-order chi connectivity index (χ1) is 8.72. The van der Waals surface area contributed by atoms with E-state index < -0.39 is 0 Å². The number of carbonyl (C=O) groups is 1. The number of hydrogen-bond donors (Lipinski definition) is 3. The van der Waals surface area contributed by atoms with Crippen LogP contribution in [0, 0.1) is 5.92 Å². The molecule has 7 heteroatoms. The van der Waals surface area contributed by atoms with E-state index in [1.165, 1.54) is 11.5 Å². The summed E-state index contributed by atoms with van der Waals surface area (Å²) in [6, 6.07) is 0. The van der Waals surface area contributed by atoms with E-state index in [0.717, 1.165) is 37.6 Å². The van der Waals surface area contributed by atoms with Crippen LogP contribution in [0.4, 0.5) is 10.8 Å². The van der Waals surface area contributed by atoms with Crippen molar-refractivity contribution in [3.63, 3.8) is 0 Å². The summed E-state index contributed by atoms with van der Waals surface area (Å²) >= 11 is 1.23. The zero-order chi connectivity index (χ0) is 13.0. The van der Waals surface area contributed by atoms with Crippen molar-refractivity contribution >= 4 is 28.3 Å². The molecule has 0 aliphatic carbocycles. The fraction of sp³-hybridized carbons (Fsp3) is 0.636. The lowest BCUT2D eigenvalue weighted by Gasteiger charge is -2.22. The minimum atomic E-state index is -0.198. The summed E-state index contributed by atoms with van der Waals surface area (Å²) < 4.78 is 9.33. The summed E-state index contributed by atoms with van der Waals surface area (Å²) in [7, 11) is 1.59. The first kappa shape index (κ1) is 13.1. The van der Waals surface area contributed by atoms with E-state index in [-0.39, 0.29) is 11.7 Å². The summed E-state index contributed by atoms with van der Waals surface area (Å²) in [5, 5.41) is 6.60. The summed E-state index contributed by atoms with van der Waals surface area (Å²) in [6.07, 6.45) is 2.10. The highest BCUT2D eigenvalue weighted by molar-refractivity contribution is 7.11. The van der Waals surface area contributed by atoms with Gasteiger partial charge in [0.05, 0.1) is 0 Å². The van der Waals surface area contributed by atoms with Crippen LogP contribution in [-0.4, -0.2) is 37.1 Å². The molecule has 0 spiro atoms. The summed E-state index contributed by atoms with van der Waals surface area (Å²) in [4.78, 5) is 11.7. The van der Waals surface area contributed by atoms with Gasteiger partial charge in [-0.3, -0.25) is 4.79 Å². The van der Waals surface area contributed by atoms with Gasteiger partial charge in [0, 0.05) is 26.8 Å². The highest BCUT2D eigenvalue weighted by atomic mass is 32.1. The van der Waals surface area contributed by atoms with Crippen LogP contribution >= 0.6 is 11.5 Å². The number of anilines is 2. The van der Waals surface area contributed by atoms with Gasteiger partial charge in [-0.15, -0.1) is 0 Å². The molecule has 2 rings (SSSR count). The molecule has 6 nitrogen and oxygen atoms in total. The highest BCUT2D eigenvalue weighted by Crippen LogP contribution is 2.27. The lowest BCUT2D eigenvalue weighted by molar-refractivity contribution is 0.0699. The van der Waals surface area contributed by atoms with E-state index in [1.807, 2.05) is 0 Å². The van der Waals surface area contributed by atoms with E-state index in [1.54, 1.807) is 7.05 Å². The third-order valence-corrected chi connectivity index (χ3v) is 3.88. The Morgan fingerprint density at radius 1 is 1.56 bits per heavy atom.